The minimum Gasteiger partial charge on any atom is -0.454 e. The lowest BCUT2D eigenvalue weighted by Gasteiger charge is -2.21. The van der Waals surface area contributed by atoms with Crippen LogP contribution in [0.2, 0.25) is 0 Å². The highest BCUT2D eigenvalue weighted by atomic mass is 16.5. The van der Waals surface area contributed by atoms with Crippen molar-refractivity contribution in [3.8, 4) is 0 Å². The minimum absolute atomic E-state index is 0.0256. The Labute approximate surface area is 149 Å². The van der Waals surface area contributed by atoms with Crippen molar-refractivity contribution in [3.63, 3.8) is 0 Å². The van der Waals surface area contributed by atoms with E-state index in [0.717, 1.165) is 12.0 Å². The van der Waals surface area contributed by atoms with Crippen LogP contribution in [0, 0.1) is 5.92 Å². The van der Waals surface area contributed by atoms with Gasteiger partial charge in [-0.3, -0.25) is 9.59 Å². The maximum atomic E-state index is 12.2. The van der Waals surface area contributed by atoms with E-state index >= 15 is 0 Å². The van der Waals surface area contributed by atoms with E-state index in [0.29, 0.717) is 0 Å². The zero-order chi connectivity index (χ0) is 18.8. The zero-order valence-electron chi connectivity index (χ0n) is 15.4. The number of hydrogen-bond donors (Lipinski definition) is 2. The van der Waals surface area contributed by atoms with Gasteiger partial charge in [-0.2, -0.15) is 0 Å². The molecular weight excluding hydrogens is 320 g/mol. The van der Waals surface area contributed by atoms with Crippen molar-refractivity contribution < 1.29 is 19.1 Å². The predicted octanol–water partition coefficient (Wildman–Crippen LogP) is 1.83. The molecule has 0 radical (unpaired) electrons. The van der Waals surface area contributed by atoms with Crippen molar-refractivity contribution in [1.82, 2.24) is 10.6 Å². The second-order valence-electron chi connectivity index (χ2n) is 6.44. The number of benzene rings is 1. The zero-order valence-corrected chi connectivity index (χ0v) is 15.4. The Kier molecular flexibility index (Phi) is 8.67. The summed E-state index contributed by atoms with van der Waals surface area (Å²) >= 11 is 0. The van der Waals surface area contributed by atoms with E-state index in [1.165, 1.54) is 0 Å². The number of ether oxygens (including phenoxy) is 1. The molecule has 2 amide bonds. The molecule has 0 saturated carbocycles. The van der Waals surface area contributed by atoms with Crippen LogP contribution >= 0.6 is 0 Å². The second-order valence-corrected chi connectivity index (χ2v) is 6.44. The molecule has 138 valence electrons. The maximum Gasteiger partial charge on any atom is 0.329 e. The molecule has 25 heavy (non-hydrogen) atoms. The van der Waals surface area contributed by atoms with Crippen LogP contribution in [0.5, 0.6) is 0 Å². The molecule has 0 heterocycles. The monoisotopic (exact) mass is 348 g/mol. The first-order valence-corrected chi connectivity index (χ1v) is 8.62. The standard InChI is InChI=1S/C19H28N2O4/c1-5-14(4)20-17(23)12-25-19(24)18(13(2)3)21-16(22)11-15-9-7-6-8-10-15/h6-10,13-14,18H,5,11-12H2,1-4H3,(H,20,23)(H,21,22)/t14-,18+/m1/s1. The molecule has 2 atom stereocenters. The van der Waals surface area contributed by atoms with E-state index in [4.69, 9.17) is 4.74 Å². The third kappa shape index (κ3) is 7.83. The van der Waals surface area contributed by atoms with Crippen LogP contribution in [0.15, 0.2) is 30.3 Å². The van der Waals surface area contributed by atoms with Crippen LogP contribution in [0.25, 0.3) is 0 Å². The minimum atomic E-state index is -0.785. The molecular formula is C19H28N2O4. The lowest BCUT2D eigenvalue weighted by molar-refractivity contribution is -0.152. The topological polar surface area (TPSA) is 84.5 Å². The van der Waals surface area contributed by atoms with Gasteiger partial charge in [-0.25, -0.2) is 4.79 Å². The smallest absolute Gasteiger partial charge is 0.329 e. The van der Waals surface area contributed by atoms with Crippen molar-refractivity contribution >= 4 is 17.8 Å². The van der Waals surface area contributed by atoms with E-state index in [1.807, 2.05) is 58.0 Å². The van der Waals surface area contributed by atoms with E-state index < -0.39 is 12.0 Å². The van der Waals surface area contributed by atoms with Gasteiger partial charge in [-0.1, -0.05) is 51.1 Å². The van der Waals surface area contributed by atoms with Crippen LogP contribution in [-0.2, 0) is 25.5 Å². The molecule has 1 rings (SSSR count). The Hall–Kier alpha value is -2.37. The third-order valence-electron chi connectivity index (χ3n) is 3.81. The van der Waals surface area contributed by atoms with Gasteiger partial charge in [0, 0.05) is 6.04 Å². The number of nitrogens with one attached hydrogen (secondary N) is 2. The molecule has 2 N–H and O–H groups in total. The van der Waals surface area contributed by atoms with Crippen LogP contribution in [0.4, 0.5) is 0 Å². The fourth-order valence-corrected chi connectivity index (χ4v) is 2.15. The van der Waals surface area contributed by atoms with Gasteiger partial charge in [-0.15, -0.1) is 0 Å². The van der Waals surface area contributed by atoms with E-state index in [-0.39, 0.29) is 36.8 Å². The van der Waals surface area contributed by atoms with Gasteiger partial charge in [-0.05, 0) is 24.8 Å². The van der Waals surface area contributed by atoms with Gasteiger partial charge >= 0.3 is 5.97 Å². The fourth-order valence-electron chi connectivity index (χ4n) is 2.15. The summed E-state index contributed by atoms with van der Waals surface area (Å²) in [4.78, 5) is 36.1. The number of rotatable bonds is 9. The van der Waals surface area contributed by atoms with Crippen LogP contribution in [0.1, 0.15) is 39.7 Å². The summed E-state index contributed by atoms with van der Waals surface area (Å²) in [6.07, 6.45) is 0.982. The Bertz CT molecular complexity index is 572. The Balaban J connectivity index is 2.53. The number of hydrogen-bond acceptors (Lipinski definition) is 4. The summed E-state index contributed by atoms with van der Waals surface area (Å²) in [5, 5.41) is 5.42. The van der Waals surface area contributed by atoms with E-state index in [9.17, 15) is 14.4 Å². The third-order valence-corrected chi connectivity index (χ3v) is 3.81. The summed E-state index contributed by atoms with van der Waals surface area (Å²) < 4.78 is 5.06. The molecule has 0 aliphatic heterocycles. The lowest BCUT2D eigenvalue weighted by Crippen LogP contribution is -2.47. The van der Waals surface area contributed by atoms with Crippen molar-refractivity contribution in [2.24, 2.45) is 5.92 Å². The molecule has 0 aliphatic rings. The first-order valence-electron chi connectivity index (χ1n) is 8.62. The SMILES string of the molecule is CC[C@@H](C)NC(=O)COC(=O)[C@@H](NC(=O)Cc1ccccc1)C(C)C. The van der Waals surface area contributed by atoms with Gasteiger partial charge in [0.2, 0.25) is 5.91 Å². The second kappa shape index (κ2) is 10.5. The maximum absolute atomic E-state index is 12.2. The van der Waals surface area contributed by atoms with Gasteiger partial charge in [0.05, 0.1) is 6.42 Å². The number of esters is 1. The quantitative estimate of drug-likeness (QED) is 0.667. The molecule has 0 fully saturated rings. The Morgan fingerprint density at radius 3 is 2.20 bits per heavy atom. The van der Waals surface area contributed by atoms with E-state index in [2.05, 4.69) is 10.6 Å². The Morgan fingerprint density at radius 2 is 1.64 bits per heavy atom. The summed E-state index contributed by atoms with van der Waals surface area (Å²) in [5.74, 6) is -1.35. The highest BCUT2D eigenvalue weighted by Gasteiger charge is 2.26. The van der Waals surface area contributed by atoms with Crippen molar-refractivity contribution in [2.45, 2.75) is 52.6 Å². The number of amides is 2. The van der Waals surface area contributed by atoms with Crippen molar-refractivity contribution in [1.29, 1.82) is 0 Å². The van der Waals surface area contributed by atoms with Crippen molar-refractivity contribution in [2.75, 3.05) is 6.61 Å². The molecule has 6 heteroatoms. The van der Waals surface area contributed by atoms with Gasteiger partial charge in [0.25, 0.3) is 5.91 Å². The Morgan fingerprint density at radius 1 is 1.00 bits per heavy atom. The summed E-state index contributed by atoms with van der Waals surface area (Å²) in [6, 6.07) is 8.52. The van der Waals surface area contributed by atoms with Crippen LogP contribution in [-0.4, -0.2) is 36.5 Å². The first-order chi connectivity index (χ1) is 11.8. The molecule has 0 bridgehead atoms. The first kappa shape index (κ1) is 20.7. The number of carbonyl (C=O) groups is 3. The van der Waals surface area contributed by atoms with Gasteiger partial charge < -0.3 is 15.4 Å². The normalized spacial score (nSPS) is 13.0. The molecule has 1 aromatic rings. The van der Waals surface area contributed by atoms with Crippen LogP contribution < -0.4 is 10.6 Å². The molecule has 0 unspecified atom stereocenters. The number of carbonyl (C=O) groups excluding carboxylic acids is 3. The van der Waals surface area contributed by atoms with Crippen LogP contribution in [0.3, 0.4) is 0 Å². The summed E-state index contributed by atoms with van der Waals surface area (Å²) in [6.45, 7) is 7.11. The van der Waals surface area contributed by atoms with Crippen molar-refractivity contribution in [3.05, 3.63) is 35.9 Å². The fraction of sp³-hybridized carbons (Fsp3) is 0.526. The lowest BCUT2D eigenvalue weighted by atomic mass is 10.0. The molecule has 0 spiro atoms. The highest BCUT2D eigenvalue weighted by molar-refractivity contribution is 5.87. The van der Waals surface area contributed by atoms with Gasteiger partial charge in [0.1, 0.15) is 6.04 Å². The summed E-state index contributed by atoms with van der Waals surface area (Å²) in [7, 11) is 0. The molecule has 6 nitrogen and oxygen atoms in total. The van der Waals surface area contributed by atoms with E-state index in [1.54, 1.807) is 0 Å². The molecule has 0 aromatic heterocycles. The highest BCUT2D eigenvalue weighted by Crippen LogP contribution is 2.06. The molecule has 0 aliphatic carbocycles. The summed E-state index contributed by atoms with van der Waals surface area (Å²) in [5.41, 5.74) is 0.865. The van der Waals surface area contributed by atoms with Gasteiger partial charge in [0.15, 0.2) is 6.61 Å². The average Bonchev–Trinajstić information content (AvgIpc) is 2.58. The largest absolute Gasteiger partial charge is 0.454 e. The average molecular weight is 348 g/mol. The predicted molar refractivity (Wildman–Crippen MR) is 95.8 cm³/mol. The molecule has 0 saturated heterocycles. The molecule has 1 aromatic carbocycles.